The van der Waals surface area contributed by atoms with Gasteiger partial charge in [-0.15, -0.1) is 0 Å². The van der Waals surface area contributed by atoms with Crippen LogP contribution in [0.1, 0.15) is 47.8 Å². The van der Waals surface area contributed by atoms with Gasteiger partial charge in [-0.25, -0.2) is 0 Å². The monoisotopic (exact) mass is 280 g/mol. The van der Waals surface area contributed by atoms with Crippen LogP contribution in [0.4, 0.5) is 0 Å². The Morgan fingerprint density at radius 1 is 1.30 bits per heavy atom. The Hall–Kier alpha value is -1.62. The van der Waals surface area contributed by atoms with Crippen LogP contribution in [0.5, 0.6) is 0 Å². The summed E-state index contributed by atoms with van der Waals surface area (Å²) < 4.78 is 5.40. The van der Waals surface area contributed by atoms with Crippen LogP contribution in [-0.4, -0.2) is 30.6 Å². The average Bonchev–Trinajstić information content (AvgIpc) is 2.41. The SMILES string of the molecule is CCCCOCCCNC(=O)c1cc(C)c(C)[nH]c1=O. The maximum Gasteiger partial charge on any atom is 0.261 e. The zero-order valence-corrected chi connectivity index (χ0v) is 12.5. The van der Waals surface area contributed by atoms with Crippen molar-refractivity contribution in [1.29, 1.82) is 0 Å². The molecule has 5 nitrogen and oxygen atoms in total. The summed E-state index contributed by atoms with van der Waals surface area (Å²) in [4.78, 5) is 26.3. The lowest BCUT2D eigenvalue weighted by Gasteiger charge is -2.07. The summed E-state index contributed by atoms with van der Waals surface area (Å²) >= 11 is 0. The number of ether oxygens (including phenoxy) is 1. The first-order valence-electron chi connectivity index (χ1n) is 7.12. The summed E-state index contributed by atoms with van der Waals surface area (Å²) in [7, 11) is 0. The van der Waals surface area contributed by atoms with E-state index in [1.807, 2.05) is 13.8 Å². The van der Waals surface area contributed by atoms with Gasteiger partial charge in [-0.3, -0.25) is 9.59 Å². The number of amides is 1. The molecule has 0 spiro atoms. The molecular formula is C15H24N2O3. The molecule has 0 aliphatic carbocycles. The second-order valence-electron chi connectivity index (χ2n) is 4.90. The lowest BCUT2D eigenvalue weighted by atomic mass is 10.1. The summed E-state index contributed by atoms with van der Waals surface area (Å²) in [5.41, 5.74) is 1.51. The Morgan fingerprint density at radius 3 is 2.70 bits per heavy atom. The maximum atomic E-state index is 11.9. The van der Waals surface area contributed by atoms with E-state index in [1.54, 1.807) is 6.07 Å². The fraction of sp³-hybridized carbons (Fsp3) is 0.600. The van der Waals surface area contributed by atoms with Gasteiger partial charge in [0.25, 0.3) is 11.5 Å². The van der Waals surface area contributed by atoms with E-state index in [1.165, 1.54) is 0 Å². The summed E-state index contributed by atoms with van der Waals surface area (Å²) in [6, 6.07) is 1.63. The lowest BCUT2D eigenvalue weighted by Crippen LogP contribution is -2.31. The maximum absolute atomic E-state index is 11.9. The van der Waals surface area contributed by atoms with Crippen LogP contribution in [-0.2, 0) is 4.74 Å². The lowest BCUT2D eigenvalue weighted by molar-refractivity contribution is 0.0939. The van der Waals surface area contributed by atoms with Gasteiger partial charge >= 0.3 is 0 Å². The van der Waals surface area contributed by atoms with Crippen molar-refractivity contribution in [1.82, 2.24) is 10.3 Å². The zero-order valence-electron chi connectivity index (χ0n) is 12.5. The Bertz CT molecular complexity index is 494. The van der Waals surface area contributed by atoms with Gasteiger partial charge in [-0.05, 0) is 38.3 Å². The van der Waals surface area contributed by atoms with Gasteiger partial charge in [0.15, 0.2) is 0 Å². The van der Waals surface area contributed by atoms with Gasteiger partial charge in [0.05, 0.1) is 0 Å². The van der Waals surface area contributed by atoms with E-state index in [0.717, 1.165) is 37.1 Å². The number of aryl methyl sites for hydroxylation is 2. The third-order valence-electron chi connectivity index (χ3n) is 3.14. The molecule has 112 valence electrons. The fourth-order valence-corrected chi connectivity index (χ4v) is 1.72. The van der Waals surface area contributed by atoms with E-state index in [9.17, 15) is 9.59 Å². The zero-order chi connectivity index (χ0) is 15.0. The van der Waals surface area contributed by atoms with Crippen LogP contribution < -0.4 is 10.9 Å². The first-order chi connectivity index (χ1) is 9.56. The van der Waals surface area contributed by atoms with Crippen LogP contribution in [0.25, 0.3) is 0 Å². The second-order valence-corrected chi connectivity index (χ2v) is 4.90. The predicted molar refractivity (Wildman–Crippen MR) is 79.2 cm³/mol. The van der Waals surface area contributed by atoms with Gasteiger partial charge in [0.2, 0.25) is 0 Å². The number of carbonyl (C=O) groups is 1. The molecule has 1 rings (SSSR count). The smallest absolute Gasteiger partial charge is 0.261 e. The highest BCUT2D eigenvalue weighted by Gasteiger charge is 2.11. The number of aromatic amines is 1. The number of carbonyl (C=O) groups excluding carboxylic acids is 1. The van der Waals surface area contributed by atoms with E-state index < -0.39 is 0 Å². The number of aromatic nitrogens is 1. The average molecular weight is 280 g/mol. The third-order valence-corrected chi connectivity index (χ3v) is 3.14. The molecule has 20 heavy (non-hydrogen) atoms. The van der Waals surface area contributed by atoms with Crippen molar-refractivity contribution in [2.75, 3.05) is 19.8 Å². The molecule has 0 bridgehead atoms. The molecule has 0 radical (unpaired) electrons. The quantitative estimate of drug-likeness (QED) is 0.715. The number of H-pyrrole nitrogens is 1. The van der Waals surface area contributed by atoms with Crippen LogP contribution in [0.15, 0.2) is 10.9 Å². The molecule has 1 heterocycles. The number of nitrogens with one attached hydrogen (secondary N) is 2. The Kier molecular flexibility index (Phi) is 7.01. The molecule has 0 aromatic carbocycles. The number of hydrogen-bond donors (Lipinski definition) is 2. The minimum Gasteiger partial charge on any atom is -0.381 e. The van der Waals surface area contributed by atoms with Gasteiger partial charge in [-0.2, -0.15) is 0 Å². The Labute approximate surface area is 119 Å². The molecule has 0 saturated carbocycles. The third kappa shape index (κ3) is 5.17. The molecule has 1 amide bonds. The molecule has 0 fully saturated rings. The summed E-state index contributed by atoms with van der Waals surface area (Å²) in [6.07, 6.45) is 2.93. The molecule has 0 unspecified atom stereocenters. The van der Waals surface area contributed by atoms with Crippen molar-refractivity contribution in [2.45, 2.75) is 40.0 Å². The number of unbranched alkanes of at least 4 members (excludes halogenated alkanes) is 1. The highest BCUT2D eigenvalue weighted by atomic mass is 16.5. The minimum absolute atomic E-state index is 0.167. The second kappa shape index (κ2) is 8.53. The van der Waals surface area contributed by atoms with E-state index in [4.69, 9.17) is 4.74 Å². The van der Waals surface area contributed by atoms with E-state index in [-0.39, 0.29) is 17.0 Å². The van der Waals surface area contributed by atoms with Crippen LogP contribution >= 0.6 is 0 Å². The van der Waals surface area contributed by atoms with Crippen LogP contribution in [0, 0.1) is 13.8 Å². The van der Waals surface area contributed by atoms with E-state index in [2.05, 4.69) is 17.2 Å². The number of pyridine rings is 1. The van der Waals surface area contributed by atoms with Crippen molar-refractivity contribution in [3.8, 4) is 0 Å². The van der Waals surface area contributed by atoms with Crippen molar-refractivity contribution in [3.63, 3.8) is 0 Å². The van der Waals surface area contributed by atoms with Crippen LogP contribution in [0.3, 0.4) is 0 Å². The van der Waals surface area contributed by atoms with Crippen molar-refractivity contribution >= 4 is 5.91 Å². The summed E-state index contributed by atoms with van der Waals surface area (Å²) in [5, 5.41) is 2.74. The molecule has 1 aromatic rings. The van der Waals surface area contributed by atoms with Gasteiger partial charge in [0.1, 0.15) is 5.56 Å². The largest absolute Gasteiger partial charge is 0.381 e. The van der Waals surface area contributed by atoms with Crippen molar-refractivity contribution < 1.29 is 9.53 Å². The summed E-state index contributed by atoms with van der Waals surface area (Å²) in [6.45, 7) is 7.70. The van der Waals surface area contributed by atoms with Gasteiger partial charge < -0.3 is 15.0 Å². The van der Waals surface area contributed by atoms with Gasteiger partial charge in [0, 0.05) is 25.5 Å². The molecular weight excluding hydrogens is 256 g/mol. The van der Waals surface area contributed by atoms with Crippen molar-refractivity contribution in [3.05, 3.63) is 33.2 Å². The molecule has 1 aromatic heterocycles. The minimum atomic E-state index is -0.343. The number of hydrogen-bond acceptors (Lipinski definition) is 3. The molecule has 2 N–H and O–H groups in total. The van der Waals surface area contributed by atoms with Gasteiger partial charge in [-0.1, -0.05) is 13.3 Å². The normalized spacial score (nSPS) is 10.6. The van der Waals surface area contributed by atoms with Crippen molar-refractivity contribution in [2.24, 2.45) is 0 Å². The topological polar surface area (TPSA) is 71.2 Å². The number of rotatable bonds is 8. The summed E-state index contributed by atoms with van der Waals surface area (Å²) in [5.74, 6) is -0.331. The predicted octanol–water partition coefficient (Wildman–Crippen LogP) is 1.93. The molecule has 0 aliphatic heterocycles. The van der Waals surface area contributed by atoms with E-state index >= 15 is 0 Å². The standard InChI is InChI=1S/C15H24N2O3/c1-4-5-8-20-9-6-7-16-14(18)13-10-11(2)12(3)17-15(13)19/h10H,4-9H2,1-3H3,(H,16,18)(H,17,19). The Morgan fingerprint density at radius 2 is 2.00 bits per heavy atom. The van der Waals surface area contributed by atoms with Crippen LogP contribution in [0.2, 0.25) is 0 Å². The molecule has 0 atom stereocenters. The van der Waals surface area contributed by atoms with E-state index in [0.29, 0.717) is 13.2 Å². The Balaban J connectivity index is 2.37. The highest BCUT2D eigenvalue weighted by molar-refractivity contribution is 5.93. The highest BCUT2D eigenvalue weighted by Crippen LogP contribution is 2.02. The first kappa shape index (κ1) is 16.4. The molecule has 0 saturated heterocycles. The fourth-order valence-electron chi connectivity index (χ4n) is 1.72. The molecule has 5 heteroatoms. The molecule has 0 aliphatic rings. The first-order valence-corrected chi connectivity index (χ1v) is 7.12.